The molecule has 0 aromatic rings. The van der Waals surface area contributed by atoms with Crippen LogP contribution >= 0.6 is 0 Å². The van der Waals surface area contributed by atoms with Crippen LogP contribution in [0.15, 0.2) is 0 Å². The number of aliphatic hydroxyl groups excluding tert-OH is 1. The van der Waals surface area contributed by atoms with Crippen LogP contribution < -0.4 is 0 Å². The van der Waals surface area contributed by atoms with Gasteiger partial charge in [0.1, 0.15) is 0 Å². The molecule has 4 saturated carbocycles. The van der Waals surface area contributed by atoms with E-state index in [9.17, 15) is 0 Å². The molecule has 0 aromatic carbocycles. The third-order valence-electron chi connectivity index (χ3n) is 24.5. The summed E-state index contributed by atoms with van der Waals surface area (Å²) in [5, 5.41) is 8.86. The molecule has 6 rings (SSSR count). The molecule has 6 aliphatic rings. The molecule has 11 nitrogen and oxygen atoms in total. The van der Waals surface area contributed by atoms with Gasteiger partial charge in [0.15, 0.2) is 0 Å². The van der Waals surface area contributed by atoms with E-state index < -0.39 is 0 Å². The molecular formula is C108H236N4O7. The molecule has 1 N–H and O–H groups in total. The Labute approximate surface area is 755 Å². The SMILES string of the molecule is C.CC.CC(C)(C)C1CCC1.CC(C)(C)C1CCCCC1.CC(C)(C)CCN1CCOCC1.CC(C)C(C)(C)C.CCC(CO)C(C)(C)C.CCCC(C)(C)C.CCN(CC)CCC(C)(C)C.CCOC1CCC(C)CC1.CN1CCN(CCC(C)(C)C)CC1.COC1CC(C(C)(C)C)C1.COCCC(C)(C)C.COCCOCCC(C)(C)C. The molecule has 6 fully saturated rings. The number of rotatable bonds is 21. The second-order valence-corrected chi connectivity index (χ2v) is 48.7. The Balaban J connectivity index is -0.000000188. The van der Waals surface area contributed by atoms with Crippen molar-refractivity contribution in [3.8, 4) is 0 Å². The van der Waals surface area contributed by atoms with Gasteiger partial charge in [-0.3, -0.25) is 4.90 Å². The minimum atomic E-state index is 0. The lowest BCUT2D eigenvalue weighted by molar-refractivity contribution is -0.0382. The zero-order valence-corrected chi connectivity index (χ0v) is 90.8. The van der Waals surface area contributed by atoms with E-state index in [2.05, 4.69) is 311 Å². The molecule has 0 spiro atoms. The molecule has 119 heavy (non-hydrogen) atoms. The summed E-state index contributed by atoms with van der Waals surface area (Å²) < 4.78 is 31.1. The molecule has 0 aromatic heterocycles. The van der Waals surface area contributed by atoms with Crippen LogP contribution in [0.25, 0.3) is 0 Å². The molecule has 0 radical (unpaired) electrons. The first kappa shape index (κ1) is 134. The molecule has 1 atom stereocenters. The average Bonchev–Trinajstić information content (AvgIpc) is 0.824. The molecule has 11 heteroatoms. The monoisotopic (exact) mass is 1700 g/mol. The van der Waals surface area contributed by atoms with Gasteiger partial charge in [0, 0.05) is 87.0 Å². The third kappa shape index (κ3) is 96.5. The van der Waals surface area contributed by atoms with E-state index >= 15 is 0 Å². The van der Waals surface area contributed by atoms with E-state index in [-0.39, 0.29) is 12.8 Å². The van der Waals surface area contributed by atoms with Crippen molar-refractivity contribution in [3.05, 3.63) is 0 Å². The van der Waals surface area contributed by atoms with Crippen LogP contribution in [-0.2, 0) is 28.4 Å². The van der Waals surface area contributed by atoms with Gasteiger partial charge < -0.3 is 48.2 Å². The fourth-order valence-corrected chi connectivity index (χ4v) is 13.1. The van der Waals surface area contributed by atoms with Crippen molar-refractivity contribution in [1.29, 1.82) is 0 Å². The fraction of sp³-hybridized carbons (Fsp3) is 1.00. The summed E-state index contributed by atoms with van der Waals surface area (Å²) in [6, 6.07) is 0. The molecular weight excluding hydrogens is 1470 g/mol. The van der Waals surface area contributed by atoms with Crippen molar-refractivity contribution >= 4 is 0 Å². The maximum atomic E-state index is 8.86. The fourth-order valence-electron chi connectivity index (χ4n) is 13.1. The summed E-state index contributed by atoms with van der Waals surface area (Å²) in [6.45, 7) is 117. The minimum absolute atomic E-state index is 0. The number of hydrogen-bond acceptors (Lipinski definition) is 11. The van der Waals surface area contributed by atoms with E-state index in [1.54, 1.807) is 14.2 Å². The van der Waals surface area contributed by atoms with Gasteiger partial charge in [0.05, 0.1) is 38.6 Å². The van der Waals surface area contributed by atoms with Crippen molar-refractivity contribution in [3.63, 3.8) is 0 Å². The first-order valence-corrected chi connectivity index (χ1v) is 49.5. The van der Waals surface area contributed by atoms with Gasteiger partial charge in [0.2, 0.25) is 0 Å². The summed E-state index contributed by atoms with van der Waals surface area (Å²) in [4.78, 5) is 9.97. The number of morpholine rings is 1. The Morgan fingerprint density at radius 1 is 0.420 bits per heavy atom. The van der Waals surface area contributed by atoms with Gasteiger partial charge in [-0.1, -0.05) is 337 Å². The molecule has 1 unspecified atom stereocenters. The highest BCUT2D eigenvalue weighted by molar-refractivity contribution is 4.88. The number of aliphatic hydroxyl groups is 1. The number of methoxy groups -OCH3 is 3. The second-order valence-electron chi connectivity index (χ2n) is 48.7. The summed E-state index contributed by atoms with van der Waals surface area (Å²) in [7, 11) is 7.45. The Bertz CT molecular complexity index is 2060. The Hall–Kier alpha value is -0.440. The first-order valence-electron chi connectivity index (χ1n) is 49.5. The highest BCUT2D eigenvalue weighted by atomic mass is 16.5. The summed E-state index contributed by atoms with van der Waals surface area (Å²) in [5.41, 5.74) is 5.24. The van der Waals surface area contributed by atoms with Gasteiger partial charge in [-0.05, 0) is 245 Å². The largest absolute Gasteiger partial charge is 0.396 e. The topological polar surface area (TPSA) is 88.6 Å². The van der Waals surface area contributed by atoms with E-state index in [1.165, 1.54) is 181 Å². The molecule has 730 valence electrons. The van der Waals surface area contributed by atoms with E-state index in [4.69, 9.17) is 33.5 Å². The van der Waals surface area contributed by atoms with Gasteiger partial charge in [0.25, 0.3) is 0 Å². The molecule has 4 aliphatic carbocycles. The zero-order valence-electron chi connectivity index (χ0n) is 90.8. The zero-order chi connectivity index (χ0) is 93.7. The Kier molecular flexibility index (Phi) is 81.5. The van der Waals surface area contributed by atoms with Crippen molar-refractivity contribution in [2.24, 2.45) is 95.1 Å². The van der Waals surface area contributed by atoms with Crippen molar-refractivity contribution in [1.82, 2.24) is 19.6 Å². The average molecular weight is 1700 g/mol. The van der Waals surface area contributed by atoms with Crippen LogP contribution in [0.2, 0.25) is 0 Å². The van der Waals surface area contributed by atoms with Crippen LogP contribution in [0.3, 0.4) is 0 Å². The number of ether oxygens (including phenoxy) is 6. The standard InChI is InChI=1S/C11H24N2.C10H21NO.C10H23N.C10H20.C9H20O2.2C9H18O.C8H18O.C8H16.C7H16O.2C7H16.C2H6.CH4/c1-11(2,3)5-6-13-9-7-12(4)8-10-13;1-10(2,3)4-5-11-6-8-12-9-7-11;1-6-11(7-2)9-8-10(3,4)5;1-10(2,3)9-7-5-4-6-8-9;1-9(2,3)5-6-11-8-7-10-4;1-9(2,3)7-5-8(6-7)10-4;1-3-10-9-6-4-8(2)5-7-9;1-5-7(6-9)8(2,3)4;1-8(2,3)7-5-4-6-7;1-7(2,3)5-6-8-4;1-6(2)7(3,4)5;1-5-6-7(2,3)4;1-2;/h5-10H2,1-4H3;4-9H2,1-3H3;6-9H2,1-5H3;9H,4-8H2,1-3H3;5-8H2,1-4H3;7-8H,5-6H2,1-4H3;8-9H,3-7H2,1-2H3;7,9H,5-6H2,1-4H3;7H,4-6H2,1-3H3;5-6H2,1-4H3;6H,1-5H3;5-6H2,1-4H3;1-2H3;1H4. The number of nitrogens with zero attached hydrogens (tertiary/aromatic N) is 4. The van der Waals surface area contributed by atoms with Gasteiger partial charge >= 0.3 is 0 Å². The van der Waals surface area contributed by atoms with Crippen molar-refractivity contribution in [2.45, 2.75) is 459 Å². The predicted molar refractivity (Wildman–Crippen MR) is 540 cm³/mol. The summed E-state index contributed by atoms with van der Waals surface area (Å²) in [5.74, 6) is 5.11. The minimum Gasteiger partial charge on any atom is -0.396 e. The predicted octanol–water partition coefficient (Wildman–Crippen LogP) is 31.1. The number of hydrogen-bond donors (Lipinski definition) is 1. The molecule has 2 saturated heterocycles. The third-order valence-corrected chi connectivity index (χ3v) is 24.5. The highest BCUT2D eigenvalue weighted by Crippen LogP contribution is 2.43. The van der Waals surface area contributed by atoms with Crippen LogP contribution in [0.5, 0.6) is 0 Å². The maximum Gasteiger partial charge on any atom is 0.0700 e. The van der Waals surface area contributed by atoms with E-state index in [1.807, 2.05) is 21.0 Å². The van der Waals surface area contributed by atoms with Gasteiger partial charge in [-0.15, -0.1) is 0 Å². The first-order chi connectivity index (χ1) is 53.8. The van der Waals surface area contributed by atoms with Gasteiger partial charge in [-0.25, -0.2) is 0 Å². The van der Waals surface area contributed by atoms with Crippen LogP contribution in [-0.4, -0.2) is 190 Å². The van der Waals surface area contributed by atoms with Crippen molar-refractivity contribution < 1.29 is 33.5 Å². The lowest BCUT2D eigenvalue weighted by Crippen LogP contribution is -2.45. The molecule has 0 amide bonds. The van der Waals surface area contributed by atoms with Crippen LogP contribution in [0.1, 0.15) is 446 Å². The summed E-state index contributed by atoms with van der Waals surface area (Å²) in [6.07, 6.45) is 30.7. The Morgan fingerprint density at radius 2 is 0.790 bits per heavy atom. The van der Waals surface area contributed by atoms with Crippen molar-refractivity contribution in [2.75, 3.05) is 153 Å². The van der Waals surface area contributed by atoms with Gasteiger partial charge in [-0.2, -0.15) is 0 Å². The molecule has 0 bridgehead atoms. The second kappa shape index (κ2) is 72.4. The normalized spacial score (nSPS) is 19.5. The highest BCUT2D eigenvalue weighted by Gasteiger charge is 2.37. The quantitative estimate of drug-likeness (QED) is 0.112. The van der Waals surface area contributed by atoms with Crippen LogP contribution in [0, 0.1) is 95.1 Å². The Morgan fingerprint density at radius 3 is 1.04 bits per heavy atom. The van der Waals surface area contributed by atoms with E-state index in [0.29, 0.717) is 92.1 Å². The lowest BCUT2D eigenvalue weighted by atomic mass is 9.67. The van der Waals surface area contributed by atoms with Crippen LogP contribution in [0.4, 0.5) is 0 Å². The number of piperazine rings is 1. The summed E-state index contributed by atoms with van der Waals surface area (Å²) >= 11 is 0. The molecule has 2 heterocycles. The smallest absolute Gasteiger partial charge is 0.0700 e. The molecule has 2 aliphatic heterocycles. The maximum absolute atomic E-state index is 8.86. The van der Waals surface area contributed by atoms with E-state index in [0.717, 1.165) is 95.0 Å². The number of likely N-dealkylation sites (N-methyl/N-ethyl adjacent to an activating group) is 1. The lowest BCUT2D eigenvalue weighted by Gasteiger charge is -2.42.